The zero-order valence-corrected chi connectivity index (χ0v) is 12.6. The van der Waals surface area contributed by atoms with E-state index in [-0.39, 0.29) is 0 Å². The Morgan fingerprint density at radius 3 is 2.84 bits per heavy atom. The minimum Gasteiger partial charge on any atom is -0.378 e. The molecule has 0 saturated carbocycles. The summed E-state index contributed by atoms with van der Waals surface area (Å²) >= 11 is 1.72. The van der Waals surface area contributed by atoms with Gasteiger partial charge in [-0.2, -0.15) is 0 Å². The average Bonchev–Trinajstić information content (AvgIpc) is 2.91. The number of hydrogen-bond acceptors (Lipinski definition) is 4. The Balaban J connectivity index is 2.20. The molecule has 2 rings (SSSR count). The first-order chi connectivity index (χ1) is 9.20. The largest absolute Gasteiger partial charge is 0.378 e. The molecule has 1 aromatic heterocycles. The van der Waals surface area contributed by atoms with Gasteiger partial charge in [0.05, 0.1) is 5.01 Å². The second-order valence-corrected chi connectivity index (χ2v) is 5.71. The van der Waals surface area contributed by atoms with Gasteiger partial charge in [0.25, 0.3) is 0 Å². The van der Waals surface area contributed by atoms with Crippen LogP contribution in [0.5, 0.6) is 0 Å². The lowest BCUT2D eigenvalue weighted by Gasteiger charge is -2.20. The van der Waals surface area contributed by atoms with E-state index in [0.29, 0.717) is 6.04 Å². The molecule has 1 N–H and O–H groups in total. The van der Waals surface area contributed by atoms with Crippen LogP contribution in [0.25, 0.3) is 0 Å². The Labute approximate surface area is 119 Å². The Morgan fingerprint density at radius 2 is 2.21 bits per heavy atom. The molecule has 4 heteroatoms. The molecule has 19 heavy (non-hydrogen) atoms. The van der Waals surface area contributed by atoms with Gasteiger partial charge in [0.2, 0.25) is 0 Å². The van der Waals surface area contributed by atoms with E-state index in [0.717, 1.165) is 13.0 Å². The lowest BCUT2D eigenvalue weighted by molar-refractivity contribution is 0.548. The molecule has 1 heterocycles. The van der Waals surface area contributed by atoms with Crippen LogP contribution < -0.4 is 10.2 Å². The summed E-state index contributed by atoms with van der Waals surface area (Å²) in [5.41, 5.74) is 2.56. The van der Waals surface area contributed by atoms with E-state index in [9.17, 15) is 0 Å². The molecule has 1 unspecified atom stereocenters. The van der Waals surface area contributed by atoms with Gasteiger partial charge in [-0.15, -0.1) is 11.3 Å². The smallest absolute Gasteiger partial charge is 0.0943 e. The lowest BCUT2D eigenvalue weighted by Crippen LogP contribution is -2.23. The van der Waals surface area contributed by atoms with Gasteiger partial charge in [0.15, 0.2) is 0 Å². The molecular formula is C15H21N3S. The van der Waals surface area contributed by atoms with Crippen LogP contribution in [-0.2, 0) is 6.42 Å². The number of anilines is 1. The van der Waals surface area contributed by atoms with Crippen LogP contribution in [0.2, 0.25) is 0 Å². The summed E-state index contributed by atoms with van der Waals surface area (Å²) in [5.74, 6) is 0. The molecule has 0 aliphatic carbocycles. The van der Waals surface area contributed by atoms with Gasteiger partial charge in [-0.05, 0) is 24.2 Å². The monoisotopic (exact) mass is 275 g/mol. The Hall–Kier alpha value is -1.39. The number of nitrogens with one attached hydrogen (secondary N) is 1. The van der Waals surface area contributed by atoms with Crippen molar-refractivity contribution in [1.82, 2.24) is 10.3 Å². The number of rotatable bonds is 6. The SMILES string of the molecule is CCNC(Cc1nccs1)c1cccc(N(C)C)c1. The molecule has 2 aromatic rings. The van der Waals surface area contributed by atoms with E-state index >= 15 is 0 Å². The zero-order valence-electron chi connectivity index (χ0n) is 11.8. The third kappa shape index (κ3) is 3.78. The minimum absolute atomic E-state index is 0.330. The zero-order chi connectivity index (χ0) is 13.7. The summed E-state index contributed by atoms with van der Waals surface area (Å²) in [4.78, 5) is 6.52. The summed E-state index contributed by atoms with van der Waals surface area (Å²) in [6, 6.07) is 9.03. The van der Waals surface area contributed by atoms with Crippen LogP contribution in [0, 0.1) is 0 Å². The summed E-state index contributed by atoms with van der Waals surface area (Å²) in [7, 11) is 4.14. The molecule has 0 radical (unpaired) electrons. The fraction of sp³-hybridized carbons (Fsp3) is 0.400. The van der Waals surface area contributed by atoms with Crippen molar-refractivity contribution in [1.29, 1.82) is 0 Å². The quantitative estimate of drug-likeness (QED) is 0.878. The number of benzene rings is 1. The highest BCUT2D eigenvalue weighted by molar-refractivity contribution is 7.09. The minimum atomic E-state index is 0.330. The van der Waals surface area contributed by atoms with Gasteiger partial charge >= 0.3 is 0 Å². The predicted octanol–water partition coefficient (Wildman–Crippen LogP) is 3.10. The fourth-order valence-corrected chi connectivity index (χ4v) is 2.77. The first kappa shape index (κ1) is 14.0. The number of thiazole rings is 1. The summed E-state index contributed by atoms with van der Waals surface area (Å²) in [6.07, 6.45) is 2.82. The number of aromatic nitrogens is 1. The van der Waals surface area contributed by atoms with Gasteiger partial charge in [0.1, 0.15) is 0 Å². The summed E-state index contributed by atoms with van der Waals surface area (Å²) < 4.78 is 0. The maximum atomic E-state index is 4.39. The van der Waals surface area contributed by atoms with Crippen molar-refractivity contribution in [2.24, 2.45) is 0 Å². The highest BCUT2D eigenvalue weighted by Gasteiger charge is 2.13. The van der Waals surface area contributed by atoms with Gasteiger partial charge in [0, 0.05) is 43.8 Å². The molecule has 0 fully saturated rings. The van der Waals surface area contributed by atoms with Crippen LogP contribution in [0.1, 0.15) is 23.5 Å². The fourth-order valence-electron chi connectivity index (χ4n) is 2.10. The van der Waals surface area contributed by atoms with Gasteiger partial charge in [-0.25, -0.2) is 4.98 Å². The van der Waals surface area contributed by atoms with Gasteiger partial charge in [-0.1, -0.05) is 19.1 Å². The van der Waals surface area contributed by atoms with E-state index < -0.39 is 0 Å². The Bertz CT molecular complexity index is 494. The van der Waals surface area contributed by atoms with Crippen molar-refractivity contribution in [3.63, 3.8) is 0 Å². The summed E-state index contributed by atoms with van der Waals surface area (Å²) in [5, 5.41) is 6.77. The number of nitrogens with zero attached hydrogens (tertiary/aromatic N) is 2. The molecule has 0 aliphatic rings. The van der Waals surface area contributed by atoms with Crippen molar-refractivity contribution in [3.8, 4) is 0 Å². The second-order valence-electron chi connectivity index (χ2n) is 4.73. The van der Waals surface area contributed by atoms with Gasteiger partial charge < -0.3 is 10.2 Å². The van der Waals surface area contributed by atoms with Crippen molar-refractivity contribution < 1.29 is 0 Å². The number of likely N-dealkylation sites (N-methyl/N-ethyl adjacent to an activating group) is 1. The predicted molar refractivity (Wildman–Crippen MR) is 83.0 cm³/mol. The van der Waals surface area contributed by atoms with E-state index in [2.05, 4.69) is 60.5 Å². The molecule has 1 atom stereocenters. The first-order valence-electron chi connectivity index (χ1n) is 6.59. The molecular weight excluding hydrogens is 254 g/mol. The van der Waals surface area contributed by atoms with E-state index in [4.69, 9.17) is 0 Å². The molecule has 0 amide bonds. The van der Waals surface area contributed by atoms with Crippen molar-refractivity contribution in [3.05, 3.63) is 46.4 Å². The van der Waals surface area contributed by atoms with Crippen molar-refractivity contribution in [2.45, 2.75) is 19.4 Å². The van der Waals surface area contributed by atoms with Crippen molar-refractivity contribution >= 4 is 17.0 Å². The average molecular weight is 275 g/mol. The maximum Gasteiger partial charge on any atom is 0.0943 e. The van der Waals surface area contributed by atoms with E-state index in [1.165, 1.54) is 16.3 Å². The third-order valence-electron chi connectivity index (χ3n) is 3.10. The molecule has 1 aromatic carbocycles. The Morgan fingerprint density at radius 1 is 1.37 bits per heavy atom. The summed E-state index contributed by atoms with van der Waals surface area (Å²) in [6.45, 7) is 3.10. The molecule has 102 valence electrons. The Kier molecular flexibility index (Phi) is 4.93. The highest BCUT2D eigenvalue weighted by Crippen LogP contribution is 2.23. The standard InChI is InChI=1S/C15H21N3S/c1-4-16-14(11-15-17-8-9-19-15)12-6-5-7-13(10-12)18(2)3/h5-10,14,16H,4,11H2,1-3H3. The third-order valence-corrected chi connectivity index (χ3v) is 3.90. The normalized spacial score (nSPS) is 12.4. The second kappa shape index (κ2) is 6.68. The number of hydrogen-bond donors (Lipinski definition) is 1. The lowest BCUT2D eigenvalue weighted by atomic mass is 10.0. The topological polar surface area (TPSA) is 28.2 Å². The first-order valence-corrected chi connectivity index (χ1v) is 7.47. The molecule has 0 aliphatic heterocycles. The van der Waals surface area contributed by atoms with Gasteiger partial charge in [-0.3, -0.25) is 0 Å². The van der Waals surface area contributed by atoms with E-state index in [1.807, 2.05) is 11.6 Å². The molecule has 3 nitrogen and oxygen atoms in total. The molecule has 0 saturated heterocycles. The van der Waals surface area contributed by atoms with Crippen LogP contribution in [0.3, 0.4) is 0 Å². The molecule has 0 spiro atoms. The van der Waals surface area contributed by atoms with Crippen LogP contribution >= 0.6 is 11.3 Å². The molecule has 0 bridgehead atoms. The van der Waals surface area contributed by atoms with Crippen LogP contribution in [-0.4, -0.2) is 25.6 Å². The maximum absolute atomic E-state index is 4.39. The van der Waals surface area contributed by atoms with Crippen molar-refractivity contribution in [2.75, 3.05) is 25.5 Å². The highest BCUT2D eigenvalue weighted by atomic mass is 32.1. The van der Waals surface area contributed by atoms with Crippen LogP contribution in [0.4, 0.5) is 5.69 Å². The van der Waals surface area contributed by atoms with Crippen LogP contribution in [0.15, 0.2) is 35.8 Å². The van der Waals surface area contributed by atoms with E-state index in [1.54, 1.807) is 11.3 Å².